The van der Waals surface area contributed by atoms with Crippen molar-refractivity contribution in [2.45, 2.75) is 45.0 Å². The molecule has 100 valence electrons. The van der Waals surface area contributed by atoms with Crippen LogP contribution in [0.5, 0.6) is 0 Å². The molecule has 0 saturated carbocycles. The van der Waals surface area contributed by atoms with Crippen molar-refractivity contribution < 1.29 is 9.53 Å². The third-order valence-corrected chi connectivity index (χ3v) is 3.99. The zero-order chi connectivity index (χ0) is 13.5. The minimum atomic E-state index is -0.480. The van der Waals surface area contributed by atoms with E-state index in [1.54, 1.807) is 6.92 Å². The molecule has 18 heavy (non-hydrogen) atoms. The average molecular weight is 270 g/mol. The molecular weight excluding hydrogens is 250 g/mol. The molecule has 0 aromatic carbocycles. The molecule has 2 atom stereocenters. The van der Waals surface area contributed by atoms with E-state index in [9.17, 15) is 4.79 Å². The summed E-state index contributed by atoms with van der Waals surface area (Å²) in [4.78, 5) is 12.1. The zero-order valence-electron chi connectivity index (χ0n) is 11.4. The predicted octanol–water partition coefficient (Wildman–Crippen LogP) is 3.05. The van der Waals surface area contributed by atoms with Crippen LogP contribution >= 0.6 is 11.6 Å². The van der Waals surface area contributed by atoms with Crippen LogP contribution in [0.25, 0.3) is 0 Å². The van der Waals surface area contributed by atoms with Gasteiger partial charge in [-0.05, 0) is 40.2 Å². The van der Waals surface area contributed by atoms with Crippen molar-refractivity contribution in [2.75, 3.05) is 13.2 Å². The summed E-state index contributed by atoms with van der Waals surface area (Å²) in [5, 5.41) is -0.480. The Bertz CT molecular complexity index is 470. The Morgan fingerprint density at radius 1 is 1.56 bits per heavy atom. The van der Waals surface area contributed by atoms with E-state index in [1.165, 1.54) is 0 Å². The van der Waals surface area contributed by atoms with Gasteiger partial charge in [0.2, 0.25) is 0 Å². The van der Waals surface area contributed by atoms with E-state index in [2.05, 4.69) is 11.5 Å². The van der Waals surface area contributed by atoms with Crippen LogP contribution in [-0.2, 0) is 10.3 Å². The SMILES string of the molecule is Cc1cc(C(=O)C(C)Cl)c(C)n1C1(C)CCOC1. The summed E-state index contributed by atoms with van der Waals surface area (Å²) in [6, 6.07) is 1.94. The van der Waals surface area contributed by atoms with Crippen LogP contribution in [0.2, 0.25) is 0 Å². The molecule has 3 nitrogen and oxygen atoms in total. The van der Waals surface area contributed by atoms with Crippen molar-refractivity contribution in [1.82, 2.24) is 4.57 Å². The van der Waals surface area contributed by atoms with E-state index in [4.69, 9.17) is 16.3 Å². The largest absolute Gasteiger partial charge is 0.379 e. The van der Waals surface area contributed by atoms with Crippen LogP contribution in [0.1, 0.15) is 42.0 Å². The van der Waals surface area contributed by atoms with Crippen LogP contribution in [0.4, 0.5) is 0 Å². The normalized spacial score (nSPS) is 25.4. The van der Waals surface area contributed by atoms with Gasteiger partial charge in [-0.3, -0.25) is 4.79 Å². The topological polar surface area (TPSA) is 31.2 Å². The van der Waals surface area contributed by atoms with E-state index < -0.39 is 5.38 Å². The van der Waals surface area contributed by atoms with E-state index in [0.29, 0.717) is 6.61 Å². The molecule has 2 rings (SSSR count). The first kappa shape index (κ1) is 13.6. The molecule has 1 aromatic rings. The second-order valence-corrected chi connectivity index (χ2v) is 6.05. The fraction of sp³-hybridized carbons (Fsp3) is 0.643. The summed E-state index contributed by atoms with van der Waals surface area (Å²) in [5.74, 6) is -0.00136. The maximum absolute atomic E-state index is 12.1. The number of rotatable bonds is 3. The number of halogens is 1. The molecule has 0 amide bonds. The molecule has 1 aromatic heterocycles. The minimum absolute atomic E-state index is 0.00136. The van der Waals surface area contributed by atoms with Gasteiger partial charge in [0.25, 0.3) is 0 Å². The fourth-order valence-corrected chi connectivity index (χ4v) is 3.01. The Labute approximate surface area is 113 Å². The standard InChI is InChI=1S/C14H20ClNO2/c1-9-7-12(13(17)10(2)15)11(3)16(9)14(4)5-6-18-8-14/h7,10H,5-6,8H2,1-4H3. The van der Waals surface area contributed by atoms with Gasteiger partial charge in [-0.1, -0.05) is 0 Å². The first-order chi connectivity index (χ1) is 8.37. The Hall–Kier alpha value is -0.800. The van der Waals surface area contributed by atoms with Gasteiger partial charge in [-0.2, -0.15) is 0 Å². The number of ether oxygens (including phenoxy) is 1. The van der Waals surface area contributed by atoms with Crippen LogP contribution in [-0.4, -0.2) is 28.9 Å². The van der Waals surface area contributed by atoms with E-state index in [0.717, 1.165) is 30.0 Å². The molecule has 2 heterocycles. The van der Waals surface area contributed by atoms with Gasteiger partial charge >= 0.3 is 0 Å². The highest BCUT2D eigenvalue weighted by Crippen LogP contribution is 2.32. The maximum atomic E-state index is 12.1. The van der Waals surface area contributed by atoms with Crippen LogP contribution < -0.4 is 0 Å². The number of aromatic nitrogens is 1. The van der Waals surface area contributed by atoms with Crippen molar-refractivity contribution >= 4 is 17.4 Å². The summed E-state index contributed by atoms with van der Waals surface area (Å²) in [7, 11) is 0. The van der Waals surface area contributed by atoms with Crippen LogP contribution in [0, 0.1) is 13.8 Å². The summed E-state index contributed by atoms with van der Waals surface area (Å²) in [6.07, 6.45) is 0.980. The predicted molar refractivity (Wildman–Crippen MR) is 72.6 cm³/mol. The fourth-order valence-electron chi connectivity index (χ4n) is 2.89. The Morgan fingerprint density at radius 3 is 2.72 bits per heavy atom. The lowest BCUT2D eigenvalue weighted by Gasteiger charge is -2.28. The third-order valence-electron chi connectivity index (χ3n) is 3.80. The first-order valence-electron chi connectivity index (χ1n) is 6.32. The number of hydrogen-bond acceptors (Lipinski definition) is 2. The summed E-state index contributed by atoms with van der Waals surface area (Å²) in [6.45, 7) is 9.40. The molecule has 1 fully saturated rings. The van der Waals surface area contributed by atoms with Gasteiger partial charge in [0.1, 0.15) is 0 Å². The molecule has 0 aliphatic carbocycles. The maximum Gasteiger partial charge on any atom is 0.182 e. The van der Waals surface area contributed by atoms with Crippen molar-refractivity contribution in [1.29, 1.82) is 0 Å². The zero-order valence-corrected chi connectivity index (χ0v) is 12.2. The Kier molecular flexibility index (Phi) is 3.56. The van der Waals surface area contributed by atoms with Gasteiger partial charge < -0.3 is 9.30 Å². The van der Waals surface area contributed by atoms with Gasteiger partial charge in [0.15, 0.2) is 5.78 Å². The molecule has 0 radical (unpaired) electrons. The van der Waals surface area contributed by atoms with E-state index >= 15 is 0 Å². The van der Waals surface area contributed by atoms with Gasteiger partial charge in [0.05, 0.1) is 17.5 Å². The van der Waals surface area contributed by atoms with Crippen LogP contribution in [0.15, 0.2) is 6.07 Å². The molecular formula is C14H20ClNO2. The van der Waals surface area contributed by atoms with Crippen LogP contribution in [0.3, 0.4) is 0 Å². The van der Waals surface area contributed by atoms with E-state index in [1.807, 2.05) is 19.9 Å². The lowest BCUT2D eigenvalue weighted by atomic mass is 10.0. The molecule has 0 spiro atoms. The molecule has 1 aliphatic heterocycles. The van der Waals surface area contributed by atoms with E-state index in [-0.39, 0.29) is 11.3 Å². The average Bonchev–Trinajstić information content (AvgIpc) is 2.83. The number of carbonyl (C=O) groups is 1. The number of nitrogens with zero attached hydrogens (tertiary/aromatic N) is 1. The number of Topliss-reactive ketones (excluding diaryl/α,β-unsaturated/α-hetero) is 1. The molecule has 2 unspecified atom stereocenters. The number of ketones is 1. The highest BCUT2D eigenvalue weighted by atomic mass is 35.5. The summed E-state index contributed by atoms with van der Waals surface area (Å²) >= 11 is 5.91. The number of aryl methyl sites for hydroxylation is 1. The summed E-state index contributed by atoms with van der Waals surface area (Å²) < 4.78 is 7.74. The molecule has 4 heteroatoms. The van der Waals surface area contributed by atoms with Crippen molar-refractivity contribution in [3.05, 3.63) is 23.0 Å². The lowest BCUT2D eigenvalue weighted by Crippen LogP contribution is -2.32. The quantitative estimate of drug-likeness (QED) is 0.624. The highest BCUT2D eigenvalue weighted by molar-refractivity contribution is 6.33. The molecule has 1 saturated heterocycles. The molecule has 1 aliphatic rings. The number of hydrogen-bond donors (Lipinski definition) is 0. The number of carbonyl (C=O) groups excluding carboxylic acids is 1. The first-order valence-corrected chi connectivity index (χ1v) is 6.76. The monoisotopic (exact) mass is 269 g/mol. The van der Waals surface area contributed by atoms with Gasteiger partial charge in [0, 0.05) is 23.6 Å². The number of alkyl halides is 1. The molecule has 0 N–H and O–H groups in total. The third kappa shape index (κ3) is 2.10. The molecule has 0 bridgehead atoms. The van der Waals surface area contributed by atoms with Crippen molar-refractivity contribution in [3.63, 3.8) is 0 Å². The lowest BCUT2D eigenvalue weighted by molar-refractivity contribution is 0.0990. The second kappa shape index (κ2) is 4.71. The smallest absolute Gasteiger partial charge is 0.182 e. The Balaban J connectivity index is 2.47. The second-order valence-electron chi connectivity index (χ2n) is 5.40. The van der Waals surface area contributed by atoms with Gasteiger partial charge in [-0.15, -0.1) is 11.6 Å². The van der Waals surface area contributed by atoms with Crippen molar-refractivity contribution in [2.24, 2.45) is 0 Å². The highest BCUT2D eigenvalue weighted by Gasteiger charge is 2.35. The summed E-state index contributed by atoms with van der Waals surface area (Å²) in [5.41, 5.74) is 2.80. The van der Waals surface area contributed by atoms with Crippen molar-refractivity contribution in [3.8, 4) is 0 Å². The minimum Gasteiger partial charge on any atom is -0.379 e. The Morgan fingerprint density at radius 2 is 2.22 bits per heavy atom. The van der Waals surface area contributed by atoms with Gasteiger partial charge in [-0.25, -0.2) is 0 Å².